The van der Waals surface area contributed by atoms with Gasteiger partial charge in [0.25, 0.3) is 0 Å². The minimum Gasteiger partial charge on any atom is -0.481 e. The van der Waals surface area contributed by atoms with Crippen molar-refractivity contribution in [3.63, 3.8) is 0 Å². The van der Waals surface area contributed by atoms with Crippen LogP contribution in [0.3, 0.4) is 0 Å². The molecule has 7 nitrogen and oxygen atoms in total. The van der Waals surface area contributed by atoms with Gasteiger partial charge in [0, 0.05) is 21.1 Å². The van der Waals surface area contributed by atoms with Crippen molar-refractivity contribution in [2.75, 3.05) is 27.7 Å². The number of carbonyl (C=O) groups excluding carboxylic acids is 2. The minimum atomic E-state index is -1.14. The average molecular weight is 231 g/mol. The second-order valence-electron chi connectivity index (χ2n) is 3.56. The van der Waals surface area contributed by atoms with E-state index < -0.39 is 30.2 Å². The van der Waals surface area contributed by atoms with Gasteiger partial charge >= 0.3 is 5.97 Å². The standard InChI is InChI=1S/C9H17N3O4/c1-11(2)9(16)6(4-8(14)15)12(3)7(13)5-10/h6H,4-5,10H2,1-3H3,(H,14,15)/t6-/m0/s1. The highest BCUT2D eigenvalue weighted by atomic mass is 16.4. The van der Waals surface area contributed by atoms with Crippen molar-refractivity contribution in [3.05, 3.63) is 0 Å². The van der Waals surface area contributed by atoms with E-state index in [0.717, 1.165) is 4.90 Å². The summed E-state index contributed by atoms with van der Waals surface area (Å²) in [5.74, 6) is -2.05. The molecule has 0 aliphatic carbocycles. The van der Waals surface area contributed by atoms with Crippen LogP contribution in [0, 0.1) is 0 Å². The summed E-state index contributed by atoms with van der Waals surface area (Å²) >= 11 is 0. The van der Waals surface area contributed by atoms with E-state index in [2.05, 4.69) is 0 Å². The van der Waals surface area contributed by atoms with E-state index >= 15 is 0 Å². The van der Waals surface area contributed by atoms with E-state index in [-0.39, 0.29) is 6.54 Å². The molecule has 0 saturated carbocycles. The zero-order valence-electron chi connectivity index (χ0n) is 9.64. The number of carboxylic acids is 1. The number of nitrogens with zero attached hydrogens (tertiary/aromatic N) is 2. The first-order chi connectivity index (χ1) is 7.31. The molecule has 0 aliphatic heterocycles. The van der Waals surface area contributed by atoms with Crippen molar-refractivity contribution in [3.8, 4) is 0 Å². The van der Waals surface area contributed by atoms with E-state index in [9.17, 15) is 14.4 Å². The number of rotatable bonds is 5. The van der Waals surface area contributed by atoms with Crippen LogP contribution in [0.25, 0.3) is 0 Å². The fraction of sp³-hybridized carbons (Fsp3) is 0.667. The largest absolute Gasteiger partial charge is 0.481 e. The Hall–Kier alpha value is -1.63. The number of hydrogen-bond acceptors (Lipinski definition) is 4. The Bertz CT molecular complexity index is 290. The van der Waals surface area contributed by atoms with Gasteiger partial charge in [0.2, 0.25) is 11.8 Å². The Labute approximate surface area is 93.8 Å². The number of aliphatic carboxylic acids is 1. The summed E-state index contributed by atoms with van der Waals surface area (Å²) in [6.45, 7) is -0.257. The molecule has 2 amide bonds. The van der Waals surface area contributed by atoms with E-state index in [4.69, 9.17) is 10.8 Å². The molecule has 7 heteroatoms. The lowest BCUT2D eigenvalue weighted by atomic mass is 10.1. The SMILES string of the molecule is CN(C)C(=O)[C@H](CC(=O)O)N(C)C(=O)CN. The molecular weight excluding hydrogens is 214 g/mol. The lowest BCUT2D eigenvalue weighted by molar-refractivity contribution is -0.148. The van der Waals surface area contributed by atoms with Crippen LogP contribution < -0.4 is 5.73 Å². The molecule has 0 saturated heterocycles. The fourth-order valence-electron chi connectivity index (χ4n) is 1.17. The molecule has 0 aliphatic rings. The van der Waals surface area contributed by atoms with Gasteiger partial charge in [0.15, 0.2) is 0 Å². The third-order valence-corrected chi connectivity index (χ3v) is 2.13. The van der Waals surface area contributed by atoms with Gasteiger partial charge in [-0.05, 0) is 0 Å². The first-order valence-corrected chi connectivity index (χ1v) is 4.70. The molecule has 1 atom stereocenters. The number of amides is 2. The van der Waals surface area contributed by atoms with Gasteiger partial charge in [0.1, 0.15) is 6.04 Å². The smallest absolute Gasteiger partial charge is 0.305 e. The normalized spacial score (nSPS) is 11.8. The summed E-state index contributed by atoms with van der Waals surface area (Å²) in [4.78, 5) is 35.9. The van der Waals surface area contributed by atoms with Crippen LogP contribution in [0.2, 0.25) is 0 Å². The quantitative estimate of drug-likeness (QED) is 0.589. The van der Waals surface area contributed by atoms with E-state index in [0.29, 0.717) is 0 Å². The zero-order chi connectivity index (χ0) is 12.9. The van der Waals surface area contributed by atoms with E-state index in [1.807, 2.05) is 0 Å². The Morgan fingerprint density at radius 2 is 1.75 bits per heavy atom. The highest BCUT2D eigenvalue weighted by Gasteiger charge is 2.29. The van der Waals surface area contributed by atoms with Crippen LogP contribution in [0.5, 0.6) is 0 Å². The maximum absolute atomic E-state index is 11.7. The fourth-order valence-corrected chi connectivity index (χ4v) is 1.17. The van der Waals surface area contributed by atoms with E-state index in [1.54, 1.807) is 0 Å². The summed E-state index contributed by atoms with van der Waals surface area (Å²) < 4.78 is 0. The predicted molar refractivity (Wildman–Crippen MR) is 56.6 cm³/mol. The molecule has 0 spiro atoms. The molecule has 0 radical (unpaired) electrons. The topological polar surface area (TPSA) is 104 Å². The van der Waals surface area contributed by atoms with Gasteiger partial charge in [0.05, 0.1) is 13.0 Å². The summed E-state index contributed by atoms with van der Waals surface area (Å²) in [6.07, 6.45) is -0.431. The highest BCUT2D eigenvalue weighted by Crippen LogP contribution is 2.05. The summed E-state index contributed by atoms with van der Waals surface area (Å²) in [5, 5.41) is 8.68. The van der Waals surface area contributed by atoms with Crippen LogP contribution in [-0.4, -0.2) is 66.4 Å². The molecule has 0 aromatic rings. The molecule has 92 valence electrons. The summed E-state index contributed by atoms with van der Waals surface area (Å²) in [6, 6.07) is -1.01. The Kier molecular flexibility index (Phi) is 5.44. The highest BCUT2D eigenvalue weighted by molar-refractivity contribution is 5.90. The molecule has 16 heavy (non-hydrogen) atoms. The van der Waals surface area contributed by atoms with Crippen molar-refractivity contribution >= 4 is 17.8 Å². The maximum atomic E-state index is 11.7. The summed E-state index contributed by atoms with van der Waals surface area (Å²) in [7, 11) is 4.36. The number of carbonyl (C=O) groups is 3. The van der Waals surface area contributed by atoms with Crippen LogP contribution in [0.15, 0.2) is 0 Å². The Balaban J connectivity index is 4.86. The first-order valence-electron chi connectivity index (χ1n) is 4.70. The molecule has 3 N–H and O–H groups in total. The predicted octanol–water partition coefficient (Wildman–Crippen LogP) is -1.66. The first kappa shape index (κ1) is 14.4. The van der Waals surface area contributed by atoms with Crippen molar-refractivity contribution in [2.24, 2.45) is 5.73 Å². The second-order valence-corrected chi connectivity index (χ2v) is 3.56. The third kappa shape index (κ3) is 3.85. The van der Waals surface area contributed by atoms with Crippen molar-refractivity contribution in [1.82, 2.24) is 9.80 Å². The maximum Gasteiger partial charge on any atom is 0.305 e. The van der Waals surface area contributed by atoms with Gasteiger partial charge in [-0.2, -0.15) is 0 Å². The van der Waals surface area contributed by atoms with Crippen LogP contribution >= 0.6 is 0 Å². The number of hydrogen-bond donors (Lipinski definition) is 2. The monoisotopic (exact) mass is 231 g/mol. The molecule has 0 bridgehead atoms. The minimum absolute atomic E-state index is 0.257. The lowest BCUT2D eigenvalue weighted by Gasteiger charge is -2.27. The van der Waals surface area contributed by atoms with Crippen molar-refractivity contribution in [1.29, 1.82) is 0 Å². The molecule has 0 fully saturated rings. The molecule has 0 aromatic heterocycles. The van der Waals surface area contributed by atoms with Gasteiger partial charge < -0.3 is 20.6 Å². The molecule has 0 aromatic carbocycles. The Morgan fingerprint density at radius 3 is 2.06 bits per heavy atom. The molecule has 0 unspecified atom stereocenters. The van der Waals surface area contributed by atoms with Gasteiger partial charge in [-0.15, -0.1) is 0 Å². The van der Waals surface area contributed by atoms with E-state index in [1.165, 1.54) is 26.0 Å². The van der Waals surface area contributed by atoms with Crippen LogP contribution in [0.4, 0.5) is 0 Å². The van der Waals surface area contributed by atoms with Gasteiger partial charge in [-0.3, -0.25) is 14.4 Å². The van der Waals surface area contributed by atoms with Gasteiger partial charge in [-0.1, -0.05) is 0 Å². The lowest BCUT2D eigenvalue weighted by Crippen LogP contribution is -2.49. The average Bonchev–Trinajstić information content (AvgIpc) is 2.22. The van der Waals surface area contributed by atoms with Crippen molar-refractivity contribution in [2.45, 2.75) is 12.5 Å². The number of carboxylic acid groups (broad SMARTS) is 1. The number of likely N-dealkylation sites (N-methyl/N-ethyl adjacent to an activating group) is 2. The number of nitrogens with two attached hydrogens (primary N) is 1. The molecular formula is C9H17N3O4. The van der Waals surface area contributed by atoms with Gasteiger partial charge in [-0.25, -0.2) is 0 Å². The zero-order valence-corrected chi connectivity index (χ0v) is 9.64. The van der Waals surface area contributed by atoms with Crippen LogP contribution in [-0.2, 0) is 14.4 Å². The summed E-state index contributed by atoms with van der Waals surface area (Å²) in [5.41, 5.74) is 5.15. The third-order valence-electron chi connectivity index (χ3n) is 2.13. The molecule has 0 heterocycles. The Morgan fingerprint density at radius 1 is 1.25 bits per heavy atom. The van der Waals surface area contributed by atoms with Crippen LogP contribution in [0.1, 0.15) is 6.42 Å². The molecule has 0 rings (SSSR count). The second kappa shape index (κ2) is 6.06. The van der Waals surface area contributed by atoms with Crippen molar-refractivity contribution < 1.29 is 19.5 Å².